The van der Waals surface area contributed by atoms with Crippen LogP contribution in [0.15, 0.2) is 42.5 Å². The molecule has 0 unspecified atom stereocenters. The van der Waals surface area contributed by atoms with Gasteiger partial charge in [-0.25, -0.2) is 0 Å². The number of benzene rings is 2. The lowest BCUT2D eigenvalue weighted by Crippen LogP contribution is -2.44. The number of carbonyl (C=O) groups excluding carboxylic acids is 1. The number of carbonyl (C=O) groups is 1. The molecular weight excluding hydrogens is 300 g/mol. The fraction of sp³-hybridized carbons (Fsp3) is 0.450. The molecule has 4 heteroatoms. The van der Waals surface area contributed by atoms with Crippen LogP contribution in [0.2, 0.25) is 0 Å². The van der Waals surface area contributed by atoms with Crippen LogP contribution in [0.3, 0.4) is 0 Å². The summed E-state index contributed by atoms with van der Waals surface area (Å²) in [6.07, 6.45) is 1.95. The van der Waals surface area contributed by atoms with Gasteiger partial charge in [0, 0.05) is 18.5 Å². The molecule has 0 atom stereocenters. The summed E-state index contributed by atoms with van der Waals surface area (Å²) in [6, 6.07) is 14.3. The number of aliphatic hydroxyl groups excluding tert-OH is 1. The maximum Gasteiger partial charge on any atom is 0.241 e. The molecule has 3 rings (SSSR count). The minimum absolute atomic E-state index is 0.149. The Hall–Kier alpha value is -1.91. The molecule has 2 aromatic carbocycles. The maximum atomic E-state index is 12.9. The van der Waals surface area contributed by atoms with Crippen LogP contribution in [0.4, 0.5) is 5.69 Å². The van der Waals surface area contributed by atoms with Gasteiger partial charge < -0.3 is 10.0 Å². The first-order chi connectivity index (χ1) is 11.7. The number of anilines is 1. The Balaban J connectivity index is 1.74. The van der Waals surface area contributed by atoms with Gasteiger partial charge in [-0.05, 0) is 50.2 Å². The zero-order chi connectivity index (χ0) is 16.9. The highest BCUT2D eigenvalue weighted by Gasteiger charge is 2.23. The van der Waals surface area contributed by atoms with Crippen molar-refractivity contribution < 1.29 is 9.90 Å². The van der Waals surface area contributed by atoms with Crippen molar-refractivity contribution in [2.45, 2.75) is 19.8 Å². The van der Waals surface area contributed by atoms with E-state index in [1.165, 1.54) is 0 Å². The van der Waals surface area contributed by atoms with E-state index in [-0.39, 0.29) is 12.5 Å². The number of hydrogen-bond acceptors (Lipinski definition) is 3. The first-order valence-electron chi connectivity index (χ1n) is 8.84. The Kier molecular flexibility index (Phi) is 5.48. The second-order valence-corrected chi connectivity index (χ2v) is 6.54. The van der Waals surface area contributed by atoms with E-state index in [4.69, 9.17) is 0 Å². The van der Waals surface area contributed by atoms with E-state index >= 15 is 0 Å². The summed E-state index contributed by atoms with van der Waals surface area (Å²) in [6.45, 7) is 5.19. The molecule has 0 spiro atoms. The van der Waals surface area contributed by atoms with Crippen molar-refractivity contribution in [3.8, 4) is 0 Å². The molecule has 1 amide bonds. The molecule has 4 nitrogen and oxygen atoms in total. The van der Waals surface area contributed by atoms with Crippen LogP contribution in [0.5, 0.6) is 0 Å². The van der Waals surface area contributed by atoms with Gasteiger partial charge in [0.25, 0.3) is 0 Å². The van der Waals surface area contributed by atoms with Crippen LogP contribution in [0.25, 0.3) is 10.8 Å². The van der Waals surface area contributed by atoms with E-state index in [1.54, 1.807) is 0 Å². The van der Waals surface area contributed by atoms with Crippen molar-refractivity contribution in [3.05, 3.63) is 42.5 Å². The lowest BCUT2D eigenvalue weighted by atomic mass is 9.98. The van der Waals surface area contributed by atoms with Crippen LogP contribution in [-0.2, 0) is 4.79 Å². The van der Waals surface area contributed by atoms with Gasteiger partial charge in [0.15, 0.2) is 0 Å². The van der Waals surface area contributed by atoms with E-state index in [1.807, 2.05) is 36.1 Å². The second kappa shape index (κ2) is 7.77. The lowest BCUT2D eigenvalue weighted by Gasteiger charge is -2.32. The quantitative estimate of drug-likeness (QED) is 0.919. The van der Waals surface area contributed by atoms with E-state index in [2.05, 4.69) is 23.1 Å². The third-order valence-corrected chi connectivity index (χ3v) is 5.00. The van der Waals surface area contributed by atoms with Crippen molar-refractivity contribution in [2.75, 3.05) is 37.7 Å². The Labute approximate surface area is 143 Å². The molecule has 1 heterocycles. The Morgan fingerprint density at radius 1 is 1.17 bits per heavy atom. The average Bonchev–Trinajstić information content (AvgIpc) is 2.63. The van der Waals surface area contributed by atoms with Crippen LogP contribution in [-0.4, -0.2) is 48.7 Å². The summed E-state index contributed by atoms with van der Waals surface area (Å²) >= 11 is 0. The van der Waals surface area contributed by atoms with Gasteiger partial charge in [-0.3, -0.25) is 9.69 Å². The van der Waals surface area contributed by atoms with E-state index in [0.717, 1.165) is 42.4 Å². The zero-order valence-electron chi connectivity index (χ0n) is 14.3. The molecule has 0 bridgehead atoms. The molecule has 1 aliphatic rings. The molecular formula is C20H26N2O2. The lowest BCUT2D eigenvalue weighted by molar-refractivity contribution is -0.120. The summed E-state index contributed by atoms with van der Waals surface area (Å²) in [5, 5.41) is 11.5. The molecule has 1 fully saturated rings. The van der Waals surface area contributed by atoms with E-state index < -0.39 is 0 Å². The van der Waals surface area contributed by atoms with E-state index in [9.17, 15) is 9.90 Å². The predicted molar refractivity (Wildman–Crippen MR) is 98.2 cm³/mol. The molecule has 2 aromatic rings. The number of likely N-dealkylation sites (N-methyl/N-ethyl adjacent to an activating group) is 1. The fourth-order valence-corrected chi connectivity index (χ4v) is 3.53. The van der Waals surface area contributed by atoms with Crippen molar-refractivity contribution in [1.29, 1.82) is 0 Å². The normalized spacial score (nSPS) is 16.4. The molecule has 128 valence electrons. The standard InChI is InChI=1S/C20H26N2O2/c1-2-22(19-9-5-7-17-6-3-4-8-18(17)19)20(24)14-21-12-10-16(15-23)11-13-21/h3-9,16,23H,2,10-15H2,1H3. The zero-order valence-corrected chi connectivity index (χ0v) is 14.3. The van der Waals surface area contributed by atoms with Crippen molar-refractivity contribution in [3.63, 3.8) is 0 Å². The smallest absolute Gasteiger partial charge is 0.241 e. The third-order valence-electron chi connectivity index (χ3n) is 5.00. The molecule has 1 N–H and O–H groups in total. The highest BCUT2D eigenvalue weighted by Crippen LogP contribution is 2.27. The number of rotatable bonds is 5. The Bertz CT molecular complexity index is 688. The second-order valence-electron chi connectivity index (χ2n) is 6.54. The number of nitrogens with zero attached hydrogens (tertiary/aromatic N) is 2. The van der Waals surface area contributed by atoms with Gasteiger partial charge in [-0.2, -0.15) is 0 Å². The summed E-state index contributed by atoms with van der Waals surface area (Å²) in [7, 11) is 0. The van der Waals surface area contributed by atoms with Crippen molar-refractivity contribution in [2.24, 2.45) is 5.92 Å². The minimum Gasteiger partial charge on any atom is -0.396 e. The minimum atomic E-state index is 0.149. The molecule has 0 aliphatic carbocycles. The number of aliphatic hydroxyl groups is 1. The van der Waals surface area contributed by atoms with Crippen molar-refractivity contribution in [1.82, 2.24) is 4.90 Å². The fourth-order valence-electron chi connectivity index (χ4n) is 3.53. The van der Waals surface area contributed by atoms with Gasteiger partial charge >= 0.3 is 0 Å². The van der Waals surface area contributed by atoms with Crippen LogP contribution in [0.1, 0.15) is 19.8 Å². The Morgan fingerprint density at radius 3 is 2.58 bits per heavy atom. The largest absolute Gasteiger partial charge is 0.396 e. The number of hydrogen-bond donors (Lipinski definition) is 1. The van der Waals surface area contributed by atoms with Gasteiger partial charge in [0.2, 0.25) is 5.91 Å². The number of amides is 1. The Morgan fingerprint density at radius 2 is 1.88 bits per heavy atom. The summed E-state index contributed by atoms with van der Waals surface area (Å²) < 4.78 is 0. The molecule has 1 aliphatic heterocycles. The highest BCUT2D eigenvalue weighted by atomic mass is 16.3. The third kappa shape index (κ3) is 3.60. The van der Waals surface area contributed by atoms with Crippen LogP contribution >= 0.6 is 0 Å². The van der Waals surface area contributed by atoms with Gasteiger partial charge in [0.05, 0.1) is 12.2 Å². The summed E-state index contributed by atoms with van der Waals surface area (Å²) in [5.41, 5.74) is 0.992. The molecule has 0 saturated carbocycles. The topological polar surface area (TPSA) is 43.8 Å². The summed E-state index contributed by atoms with van der Waals surface area (Å²) in [4.78, 5) is 17.0. The number of piperidine rings is 1. The van der Waals surface area contributed by atoms with Gasteiger partial charge in [0.1, 0.15) is 0 Å². The predicted octanol–water partition coefficient (Wildman–Crippen LogP) is 2.90. The molecule has 1 saturated heterocycles. The maximum absolute atomic E-state index is 12.9. The average molecular weight is 326 g/mol. The van der Waals surface area contributed by atoms with E-state index in [0.29, 0.717) is 19.0 Å². The van der Waals surface area contributed by atoms with Crippen molar-refractivity contribution >= 4 is 22.4 Å². The molecule has 24 heavy (non-hydrogen) atoms. The van der Waals surface area contributed by atoms with Gasteiger partial charge in [-0.15, -0.1) is 0 Å². The first-order valence-corrected chi connectivity index (χ1v) is 8.84. The van der Waals surface area contributed by atoms with Crippen LogP contribution < -0.4 is 4.90 Å². The van der Waals surface area contributed by atoms with Crippen LogP contribution in [0, 0.1) is 5.92 Å². The summed E-state index contributed by atoms with van der Waals surface area (Å²) in [5.74, 6) is 0.549. The molecule has 0 radical (unpaired) electrons. The monoisotopic (exact) mass is 326 g/mol. The van der Waals surface area contributed by atoms with Gasteiger partial charge in [-0.1, -0.05) is 36.4 Å². The number of fused-ring (bicyclic) bond motifs is 1. The SMILES string of the molecule is CCN(C(=O)CN1CCC(CO)CC1)c1cccc2ccccc12. The molecule has 0 aromatic heterocycles. The number of likely N-dealkylation sites (tertiary alicyclic amines) is 1. The first kappa shape index (κ1) is 16.9. The highest BCUT2D eigenvalue weighted by molar-refractivity contribution is 6.04.